The lowest BCUT2D eigenvalue weighted by Crippen LogP contribution is -2.34. The Morgan fingerprint density at radius 3 is 2.65 bits per heavy atom. The lowest BCUT2D eigenvalue weighted by Gasteiger charge is -2.15. The van der Waals surface area contributed by atoms with Crippen molar-refractivity contribution in [2.75, 3.05) is 12.4 Å². The number of anilines is 1. The molecule has 0 aromatic heterocycles. The van der Waals surface area contributed by atoms with Gasteiger partial charge in [0.15, 0.2) is 5.37 Å². The fourth-order valence-corrected chi connectivity index (χ4v) is 3.51. The zero-order valence-corrected chi connectivity index (χ0v) is 15.3. The first kappa shape index (κ1) is 18.3. The third-order valence-corrected chi connectivity index (χ3v) is 4.99. The second kappa shape index (κ2) is 7.80. The molecule has 0 unspecified atom stereocenters. The zero-order valence-electron chi connectivity index (χ0n) is 13.8. The summed E-state index contributed by atoms with van der Waals surface area (Å²) in [7, 11) is 1.30. The number of methoxy groups -OCH3 is 1. The molecular formula is C18H15ClN2O4S. The molecule has 2 aromatic rings. The molecule has 8 heteroatoms. The molecule has 0 aliphatic carbocycles. The molecule has 0 radical (unpaired) electrons. The number of esters is 1. The van der Waals surface area contributed by atoms with Crippen molar-refractivity contribution < 1.29 is 19.1 Å². The van der Waals surface area contributed by atoms with E-state index in [1.54, 1.807) is 48.5 Å². The van der Waals surface area contributed by atoms with E-state index >= 15 is 0 Å². The molecule has 1 N–H and O–H groups in total. The van der Waals surface area contributed by atoms with Crippen molar-refractivity contribution in [2.24, 2.45) is 0 Å². The van der Waals surface area contributed by atoms with Crippen LogP contribution < -0.4 is 5.32 Å². The zero-order chi connectivity index (χ0) is 18.7. The van der Waals surface area contributed by atoms with Gasteiger partial charge in [-0.25, -0.2) is 4.79 Å². The first-order chi connectivity index (χ1) is 12.5. The summed E-state index contributed by atoms with van der Waals surface area (Å²) in [4.78, 5) is 37.6. The van der Waals surface area contributed by atoms with Gasteiger partial charge in [0, 0.05) is 10.7 Å². The number of hydrogen-bond donors (Lipinski definition) is 1. The minimum absolute atomic E-state index is 0.0916. The van der Waals surface area contributed by atoms with Crippen LogP contribution in [0, 0.1) is 0 Å². The summed E-state index contributed by atoms with van der Waals surface area (Å²) in [6.45, 7) is 0.0916. The molecule has 1 aliphatic heterocycles. The van der Waals surface area contributed by atoms with E-state index in [1.165, 1.54) is 7.11 Å². The normalized spacial score (nSPS) is 16.7. The third kappa shape index (κ3) is 4.00. The molecule has 26 heavy (non-hydrogen) atoms. The lowest BCUT2D eigenvalue weighted by molar-refractivity contribution is -0.126. The van der Waals surface area contributed by atoms with Gasteiger partial charge in [-0.1, -0.05) is 23.7 Å². The van der Waals surface area contributed by atoms with Gasteiger partial charge in [0.25, 0.3) is 11.1 Å². The fraction of sp³-hybridized carbons (Fsp3) is 0.167. The van der Waals surface area contributed by atoms with Crippen molar-refractivity contribution in [2.45, 2.75) is 11.9 Å². The number of amides is 2. The van der Waals surface area contributed by atoms with E-state index in [0.717, 1.165) is 16.7 Å². The van der Waals surface area contributed by atoms with Crippen LogP contribution in [-0.2, 0) is 16.1 Å². The molecule has 1 fully saturated rings. The molecular weight excluding hydrogens is 376 g/mol. The number of halogens is 1. The van der Waals surface area contributed by atoms with Crippen molar-refractivity contribution in [3.8, 4) is 0 Å². The second-order valence-corrected chi connectivity index (χ2v) is 7.02. The van der Waals surface area contributed by atoms with Crippen LogP contribution in [-0.4, -0.2) is 34.5 Å². The number of nitrogens with one attached hydrogen (secondary N) is 1. The molecule has 6 nitrogen and oxygen atoms in total. The van der Waals surface area contributed by atoms with Gasteiger partial charge in [-0.2, -0.15) is 0 Å². The number of carbonyl (C=O) groups is 3. The van der Waals surface area contributed by atoms with Crippen LogP contribution in [0.25, 0.3) is 0 Å². The van der Waals surface area contributed by atoms with Gasteiger partial charge in [0.2, 0.25) is 0 Å². The smallest absolute Gasteiger partial charge is 0.337 e. The second-order valence-electron chi connectivity index (χ2n) is 5.53. The molecule has 1 saturated heterocycles. The molecule has 3 rings (SSSR count). The summed E-state index contributed by atoms with van der Waals surface area (Å²) >= 11 is 6.76. The predicted molar refractivity (Wildman–Crippen MR) is 100 cm³/mol. The summed E-state index contributed by atoms with van der Waals surface area (Å²) < 4.78 is 4.69. The van der Waals surface area contributed by atoms with Crippen molar-refractivity contribution in [3.63, 3.8) is 0 Å². The number of thioether (sulfide) groups is 1. The monoisotopic (exact) mass is 390 g/mol. The first-order valence-corrected chi connectivity index (χ1v) is 8.95. The maximum absolute atomic E-state index is 12.6. The van der Waals surface area contributed by atoms with Gasteiger partial charge >= 0.3 is 5.97 Å². The van der Waals surface area contributed by atoms with Gasteiger partial charge in [-0.3, -0.25) is 14.5 Å². The highest BCUT2D eigenvalue weighted by molar-refractivity contribution is 8.15. The summed E-state index contributed by atoms with van der Waals surface area (Å²) in [6.07, 6.45) is 0. The molecule has 134 valence electrons. The van der Waals surface area contributed by atoms with Crippen molar-refractivity contribution >= 4 is 46.2 Å². The molecule has 0 saturated carbocycles. The highest BCUT2D eigenvalue weighted by atomic mass is 35.5. The molecule has 2 amide bonds. The van der Waals surface area contributed by atoms with Crippen LogP contribution in [0.5, 0.6) is 0 Å². The Morgan fingerprint density at radius 1 is 1.23 bits per heavy atom. The van der Waals surface area contributed by atoms with Crippen LogP contribution in [0.1, 0.15) is 15.9 Å². The van der Waals surface area contributed by atoms with Gasteiger partial charge in [-0.05, 0) is 53.7 Å². The molecule has 0 spiro atoms. The summed E-state index contributed by atoms with van der Waals surface area (Å²) in [5.74, 6) is -0.805. The van der Waals surface area contributed by atoms with E-state index in [2.05, 4.69) is 10.1 Å². The van der Waals surface area contributed by atoms with E-state index in [0.29, 0.717) is 21.8 Å². The molecule has 1 atom stereocenters. The van der Waals surface area contributed by atoms with Crippen LogP contribution in [0.15, 0.2) is 48.5 Å². The Hall–Kier alpha value is -2.51. The Balaban J connectivity index is 1.71. The molecule has 2 aromatic carbocycles. The summed E-state index contributed by atoms with van der Waals surface area (Å²) in [5, 5.41) is 2.56. The number of ether oxygens (including phenoxy) is 1. The molecule has 0 bridgehead atoms. The Morgan fingerprint density at radius 2 is 1.96 bits per heavy atom. The highest BCUT2D eigenvalue weighted by Crippen LogP contribution is 2.30. The van der Waals surface area contributed by atoms with E-state index in [4.69, 9.17) is 11.6 Å². The standard InChI is InChI=1S/C18H15ClN2O4S/c1-25-17(23)12-4-2-3-11(9-12)10-21-16(22)15(26-18(21)24)20-14-7-5-13(19)6-8-14/h2-9,15,20H,10H2,1H3/t15-/m0/s1. The average molecular weight is 391 g/mol. The molecule has 1 heterocycles. The number of nitrogens with zero attached hydrogens (tertiary/aromatic N) is 1. The number of carbonyl (C=O) groups excluding carboxylic acids is 3. The maximum Gasteiger partial charge on any atom is 0.337 e. The largest absolute Gasteiger partial charge is 0.465 e. The van der Waals surface area contributed by atoms with Crippen LogP contribution in [0.4, 0.5) is 10.5 Å². The lowest BCUT2D eigenvalue weighted by atomic mass is 10.1. The Bertz CT molecular complexity index is 857. The minimum atomic E-state index is -0.701. The van der Waals surface area contributed by atoms with Crippen LogP contribution >= 0.6 is 23.4 Å². The minimum Gasteiger partial charge on any atom is -0.465 e. The summed E-state index contributed by atoms with van der Waals surface area (Å²) in [6, 6.07) is 13.5. The van der Waals surface area contributed by atoms with E-state index in [9.17, 15) is 14.4 Å². The van der Waals surface area contributed by atoms with E-state index in [-0.39, 0.29) is 17.7 Å². The van der Waals surface area contributed by atoms with Crippen molar-refractivity contribution in [1.82, 2.24) is 4.90 Å². The van der Waals surface area contributed by atoms with Gasteiger partial charge < -0.3 is 10.1 Å². The van der Waals surface area contributed by atoms with Crippen molar-refractivity contribution in [3.05, 3.63) is 64.7 Å². The number of benzene rings is 2. The SMILES string of the molecule is COC(=O)c1cccc(CN2C(=O)S[C@H](Nc3ccc(Cl)cc3)C2=O)c1. The highest BCUT2D eigenvalue weighted by Gasteiger charge is 2.39. The summed E-state index contributed by atoms with van der Waals surface area (Å²) in [5.41, 5.74) is 1.73. The predicted octanol–water partition coefficient (Wildman–Crippen LogP) is 3.76. The average Bonchev–Trinajstić information content (AvgIpc) is 2.90. The number of rotatable bonds is 5. The molecule has 1 aliphatic rings. The van der Waals surface area contributed by atoms with Crippen LogP contribution in [0.2, 0.25) is 5.02 Å². The first-order valence-electron chi connectivity index (χ1n) is 7.69. The number of imide groups is 1. The van der Waals surface area contributed by atoms with Gasteiger partial charge in [0.05, 0.1) is 19.2 Å². The Labute approximate surface area is 159 Å². The van der Waals surface area contributed by atoms with Crippen molar-refractivity contribution in [1.29, 1.82) is 0 Å². The van der Waals surface area contributed by atoms with E-state index < -0.39 is 11.3 Å². The van der Waals surface area contributed by atoms with Crippen LogP contribution in [0.3, 0.4) is 0 Å². The van der Waals surface area contributed by atoms with E-state index in [1.807, 2.05) is 0 Å². The topological polar surface area (TPSA) is 75.7 Å². The fourth-order valence-electron chi connectivity index (χ4n) is 2.47. The number of hydrogen-bond acceptors (Lipinski definition) is 6. The Kier molecular flexibility index (Phi) is 5.49. The van der Waals surface area contributed by atoms with Gasteiger partial charge in [-0.15, -0.1) is 0 Å². The quantitative estimate of drug-likeness (QED) is 0.783. The third-order valence-electron chi connectivity index (χ3n) is 3.76. The maximum atomic E-state index is 12.6. The van der Waals surface area contributed by atoms with Gasteiger partial charge in [0.1, 0.15) is 0 Å².